The Morgan fingerprint density at radius 1 is 0.853 bits per heavy atom. The van der Waals surface area contributed by atoms with Crippen molar-refractivity contribution in [3.8, 4) is 0 Å². The molecule has 2 heterocycles. The maximum absolute atomic E-state index is 12.7. The van der Waals surface area contributed by atoms with Crippen molar-refractivity contribution >= 4 is 23.2 Å². The van der Waals surface area contributed by atoms with E-state index in [-0.39, 0.29) is 5.69 Å². The van der Waals surface area contributed by atoms with Crippen LogP contribution in [0.1, 0.15) is 17.5 Å². The maximum atomic E-state index is 12.7. The zero-order chi connectivity index (χ0) is 24.0. The van der Waals surface area contributed by atoms with Gasteiger partial charge in [0, 0.05) is 38.4 Å². The number of anilines is 3. The lowest BCUT2D eigenvalue weighted by Gasteiger charge is -2.23. The highest BCUT2D eigenvalue weighted by Gasteiger charge is 2.30. The second-order valence-electron chi connectivity index (χ2n) is 8.16. The molecule has 0 unspecified atom stereocenters. The Balaban J connectivity index is 1.28. The summed E-state index contributed by atoms with van der Waals surface area (Å²) < 4.78 is 38.0. The molecule has 1 fully saturated rings. The van der Waals surface area contributed by atoms with Crippen molar-refractivity contribution in [2.24, 2.45) is 0 Å². The van der Waals surface area contributed by atoms with E-state index < -0.39 is 17.8 Å². The molecule has 0 saturated carbocycles. The third-order valence-corrected chi connectivity index (χ3v) is 5.64. The Morgan fingerprint density at radius 2 is 1.56 bits per heavy atom. The van der Waals surface area contributed by atoms with E-state index in [2.05, 4.69) is 49.7 Å². The summed E-state index contributed by atoms with van der Waals surface area (Å²) in [6, 6.07) is 17.8. The number of amides is 2. The highest BCUT2D eigenvalue weighted by Crippen LogP contribution is 2.29. The Labute approximate surface area is 196 Å². The molecule has 1 aliphatic rings. The molecule has 0 bridgehead atoms. The van der Waals surface area contributed by atoms with Crippen LogP contribution in [0.2, 0.25) is 0 Å². The first kappa shape index (κ1) is 23.6. The molecule has 0 aliphatic carbocycles. The molecule has 1 aliphatic heterocycles. The fourth-order valence-electron chi connectivity index (χ4n) is 3.88. The number of urea groups is 1. The predicted octanol–water partition coefficient (Wildman–Crippen LogP) is 5.46. The van der Waals surface area contributed by atoms with E-state index in [1.807, 2.05) is 12.1 Å². The normalized spacial score (nSPS) is 15.0. The van der Waals surface area contributed by atoms with E-state index in [1.54, 1.807) is 12.3 Å². The number of hydrogen-bond acceptors (Lipinski definition) is 4. The Morgan fingerprint density at radius 3 is 2.24 bits per heavy atom. The van der Waals surface area contributed by atoms with Gasteiger partial charge in [-0.1, -0.05) is 30.3 Å². The standard InChI is InChI=1S/C25H26F3N5O/c26-25(27,28)20-7-9-21(10-8-20)30-24(34)31-22-11-12-23(29-17-22)33-14-4-13-32(15-16-33)18-19-5-2-1-3-6-19/h1-3,5-12,17H,4,13-16,18H2,(H2,30,31,34). The first-order valence-electron chi connectivity index (χ1n) is 11.1. The summed E-state index contributed by atoms with van der Waals surface area (Å²) in [4.78, 5) is 21.4. The quantitative estimate of drug-likeness (QED) is 0.521. The third kappa shape index (κ3) is 6.48. The Bertz CT molecular complexity index is 1070. The number of rotatable bonds is 5. The SMILES string of the molecule is O=C(Nc1ccc(C(F)(F)F)cc1)Nc1ccc(N2CCCN(Cc3ccccc3)CC2)nc1. The summed E-state index contributed by atoms with van der Waals surface area (Å²) in [5.74, 6) is 0.843. The fourth-order valence-corrected chi connectivity index (χ4v) is 3.88. The molecular formula is C25H26F3N5O. The van der Waals surface area contributed by atoms with Gasteiger partial charge >= 0.3 is 12.2 Å². The van der Waals surface area contributed by atoms with E-state index in [9.17, 15) is 18.0 Å². The molecule has 6 nitrogen and oxygen atoms in total. The number of hydrogen-bond donors (Lipinski definition) is 2. The Hall–Kier alpha value is -3.59. The number of halogens is 3. The van der Waals surface area contributed by atoms with Crippen molar-refractivity contribution in [1.29, 1.82) is 0 Å². The third-order valence-electron chi connectivity index (χ3n) is 5.64. The molecule has 2 aromatic carbocycles. The van der Waals surface area contributed by atoms with Crippen LogP contribution in [0.25, 0.3) is 0 Å². The number of carbonyl (C=O) groups excluding carboxylic acids is 1. The van der Waals surface area contributed by atoms with Gasteiger partial charge in [0.1, 0.15) is 5.82 Å². The number of benzene rings is 2. The van der Waals surface area contributed by atoms with Gasteiger partial charge in [0.05, 0.1) is 17.4 Å². The van der Waals surface area contributed by atoms with Gasteiger partial charge in [0.15, 0.2) is 0 Å². The van der Waals surface area contributed by atoms with Gasteiger partial charge in [-0.15, -0.1) is 0 Å². The van der Waals surface area contributed by atoms with E-state index in [0.717, 1.165) is 57.1 Å². The number of pyridine rings is 1. The topological polar surface area (TPSA) is 60.5 Å². The summed E-state index contributed by atoms with van der Waals surface area (Å²) in [5, 5.41) is 5.17. The molecule has 178 valence electrons. The first-order chi connectivity index (χ1) is 16.4. The number of carbonyl (C=O) groups is 1. The molecule has 1 aromatic heterocycles. The lowest BCUT2D eigenvalue weighted by atomic mass is 10.2. The van der Waals surface area contributed by atoms with Crippen LogP contribution in [-0.4, -0.2) is 42.1 Å². The van der Waals surface area contributed by atoms with Crippen LogP contribution in [0.15, 0.2) is 72.9 Å². The van der Waals surface area contributed by atoms with Crippen LogP contribution in [0.3, 0.4) is 0 Å². The second kappa shape index (κ2) is 10.6. The molecule has 2 N–H and O–H groups in total. The zero-order valence-corrected chi connectivity index (χ0v) is 18.6. The zero-order valence-electron chi connectivity index (χ0n) is 18.6. The largest absolute Gasteiger partial charge is 0.416 e. The Kier molecular flexibility index (Phi) is 7.32. The van der Waals surface area contributed by atoms with Crippen LogP contribution in [0.5, 0.6) is 0 Å². The minimum atomic E-state index is -4.41. The van der Waals surface area contributed by atoms with Crippen molar-refractivity contribution in [2.45, 2.75) is 19.1 Å². The van der Waals surface area contributed by atoms with Crippen LogP contribution in [0, 0.1) is 0 Å². The maximum Gasteiger partial charge on any atom is 0.416 e. The molecule has 1 saturated heterocycles. The van der Waals surface area contributed by atoms with Crippen molar-refractivity contribution < 1.29 is 18.0 Å². The highest BCUT2D eigenvalue weighted by molar-refractivity contribution is 5.99. The van der Waals surface area contributed by atoms with Crippen LogP contribution in [-0.2, 0) is 12.7 Å². The molecule has 34 heavy (non-hydrogen) atoms. The van der Waals surface area contributed by atoms with Crippen molar-refractivity contribution in [3.05, 3.63) is 84.1 Å². The first-order valence-corrected chi connectivity index (χ1v) is 11.1. The van der Waals surface area contributed by atoms with Crippen molar-refractivity contribution in [2.75, 3.05) is 41.7 Å². The summed E-state index contributed by atoms with van der Waals surface area (Å²) in [5.41, 5.74) is 1.29. The number of aromatic nitrogens is 1. The fraction of sp³-hybridized carbons (Fsp3) is 0.280. The van der Waals surface area contributed by atoms with Gasteiger partial charge in [-0.2, -0.15) is 13.2 Å². The summed E-state index contributed by atoms with van der Waals surface area (Å²) >= 11 is 0. The van der Waals surface area contributed by atoms with Crippen molar-refractivity contribution in [3.63, 3.8) is 0 Å². The average molecular weight is 470 g/mol. The smallest absolute Gasteiger partial charge is 0.355 e. The van der Waals surface area contributed by atoms with Gasteiger partial charge in [0.2, 0.25) is 0 Å². The summed E-state index contributed by atoms with van der Waals surface area (Å²) in [7, 11) is 0. The average Bonchev–Trinajstić information content (AvgIpc) is 3.05. The highest BCUT2D eigenvalue weighted by atomic mass is 19.4. The summed E-state index contributed by atoms with van der Waals surface area (Å²) in [6.07, 6.45) is -1.81. The van der Waals surface area contributed by atoms with Crippen LogP contribution < -0.4 is 15.5 Å². The minimum Gasteiger partial charge on any atom is -0.355 e. The van der Waals surface area contributed by atoms with Gasteiger partial charge in [-0.3, -0.25) is 4.90 Å². The van der Waals surface area contributed by atoms with E-state index in [0.29, 0.717) is 5.69 Å². The molecule has 4 rings (SSSR count). The predicted molar refractivity (Wildman–Crippen MR) is 127 cm³/mol. The molecule has 2 amide bonds. The van der Waals surface area contributed by atoms with Gasteiger partial charge < -0.3 is 15.5 Å². The molecule has 0 atom stereocenters. The van der Waals surface area contributed by atoms with Gasteiger partial charge in [-0.05, 0) is 48.4 Å². The number of nitrogens with zero attached hydrogens (tertiary/aromatic N) is 3. The second-order valence-corrected chi connectivity index (χ2v) is 8.16. The lowest BCUT2D eigenvalue weighted by Crippen LogP contribution is -2.31. The van der Waals surface area contributed by atoms with E-state index in [1.165, 1.54) is 17.7 Å². The molecule has 0 radical (unpaired) electrons. The summed E-state index contributed by atoms with van der Waals surface area (Å²) in [6.45, 7) is 4.65. The minimum absolute atomic E-state index is 0.264. The van der Waals surface area contributed by atoms with Gasteiger partial charge in [-0.25, -0.2) is 9.78 Å². The number of alkyl halides is 3. The monoisotopic (exact) mass is 469 g/mol. The van der Waals surface area contributed by atoms with E-state index >= 15 is 0 Å². The van der Waals surface area contributed by atoms with Gasteiger partial charge in [0.25, 0.3) is 0 Å². The van der Waals surface area contributed by atoms with Crippen LogP contribution >= 0.6 is 0 Å². The lowest BCUT2D eigenvalue weighted by molar-refractivity contribution is -0.137. The molecule has 0 spiro atoms. The molecule has 9 heteroatoms. The molecule has 3 aromatic rings. The van der Waals surface area contributed by atoms with Crippen molar-refractivity contribution in [1.82, 2.24) is 9.88 Å². The number of nitrogens with one attached hydrogen (secondary N) is 2. The van der Waals surface area contributed by atoms with E-state index in [4.69, 9.17) is 0 Å². The molecular weight excluding hydrogens is 443 g/mol. The van der Waals surface area contributed by atoms with Crippen LogP contribution in [0.4, 0.5) is 35.2 Å².